The van der Waals surface area contributed by atoms with Gasteiger partial charge in [0.15, 0.2) is 17.4 Å². The molecule has 0 unspecified atom stereocenters. The van der Waals surface area contributed by atoms with Crippen LogP contribution in [0.5, 0.6) is 11.5 Å². The monoisotopic (exact) mass is 383 g/mol. The Morgan fingerprint density at radius 3 is 1.96 bits per heavy atom. The summed E-state index contributed by atoms with van der Waals surface area (Å²) in [4.78, 5) is 4.23. The Kier molecular flexibility index (Phi) is 9.59. The molecule has 0 bridgehead atoms. The third kappa shape index (κ3) is 6.39. The van der Waals surface area contributed by atoms with Crippen LogP contribution in [0.1, 0.15) is 5.69 Å². The maximum atomic E-state index is 9.43. The SMILES string of the molecule is Cc1ccc2cccc(O)c2n1.Oc1ccc(-c2ccccc2)cc1.[AlH3].[NaH]. The first-order valence-electron chi connectivity index (χ1n) is 8.03. The summed E-state index contributed by atoms with van der Waals surface area (Å²) in [5.41, 5.74) is 3.89. The number of hydrogen-bond acceptors (Lipinski definition) is 3. The van der Waals surface area contributed by atoms with E-state index in [4.69, 9.17) is 5.11 Å². The molecule has 0 aliphatic heterocycles. The number of aryl methyl sites for hydroxylation is 1. The molecule has 132 valence electrons. The predicted octanol–water partition coefficient (Wildman–Crippen LogP) is 3.48. The first kappa shape index (κ1) is 23.2. The molecule has 1 aromatic heterocycles. The molecule has 2 N–H and O–H groups in total. The summed E-state index contributed by atoms with van der Waals surface area (Å²) in [6.45, 7) is 1.91. The van der Waals surface area contributed by atoms with Crippen LogP contribution < -0.4 is 0 Å². The molecule has 0 aliphatic rings. The number of phenols is 2. The summed E-state index contributed by atoms with van der Waals surface area (Å²) in [7, 11) is 0. The molecule has 27 heavy (non-hydrogen) atoms. The van der Waals surface area contributed by atoms with Gasteiger partial charge in [-0.1, -0.05) is 60.7 Å². The van der Waals surface area contributed by atoms with Crippen molar-refractivity contribution in [2.45, 2.75) is 6.92 Å². The number of phenolic OH excluding ortho intramolecular Hbond substituents is 2. The van der Waals surface area contributed by atoms with E-state index in [0.717, 1.165) is 16.6 Å². The van der Waals surface area contributed by atoms with Crippen LogP contribution in [0, 0.1) is 6.92 Å². The van der Waals surface area contributed by atoms with Gasteiger partial charge >= 0.3 is 29.6 Å². The third-order valence-corrected chi connectivity index (χ3v) is 3.81. The Bertz CT molecular complexity index is 976. The maximum absolute atomic E-state index is 9.43. The average molecular weight is 383 g/mol. The van der Waals surface area contributed by atoms with Gasteiger partial charge in [-0.2, -0.15) is 0 Å². The number of para-hydroxylation sites is 1. The molecule has 4 rings (SSSR count). The fourth-order valence-corrected chi connectivity index (χ4v) is 2.51. The molecule has 0 saturated heterocycles. The Labute approximate surface area is 192 Å². The van der Waals surface area contributed by atoms with E-state index >= 15 is 0 Å². The molecule has 4 aromatic rings. The van der Waals surface area contributed by atoms with Crippen molar-refractivity contribution in [1.29, 1.82) is 0 Å². The van der Waals surface area contributed by atoms with E-state index in [1.165, 1.54) is 5.56 Å². The molecule has 0 radical (unpaired) electrons. The van der Waals surface area contributed by atoms with E-state index in [1.54, 1.807) is 18.2 Å². The van der Waals surface area contributed by atoms with E-state index in [9.17, 15) is 5.11 Å². The zero-order valence-electron chi connectivity index (χ0n) is 13.9. The summed E-state index contributed by atoms with van der Waals surface area (Å²) in [5, 5.41) is 19.5. The van der Waals surface area contributed by atoms with Gasteiger partial charge in [0, 0.05) is 11.1 Å². The van der Waals surface area contributed by atoms with Gasteiger partial charge in [0.05, 0.1) is 0 Å². The van der Waals surface area contributed by atoms with Gasteiger partial charge in [-0.25, -0.2) is 4.98 Å². The zero-order valence-corrected chi connectivity index (χ0v) is 13.9. The van der Waals surface area contributed by atoms with E-state index in [2.05, 4.69) is 4.98 Å². The quantitative estimate of drug-likeness (QED) is 0.495. The fourth-order valence-electron chi connectivity index (χ4n) is 2.51. The normalized spacial score (nSPS) is 9.37. The number of hydrogen-bond donors (Lipinski definition) is 2. The summed E-state index contributed by atoms with van der Waals surface area (Å²) >= 11 is 0. The van der Waals surface area contributed by atoms with Crippen molar-refractivity contribution in [3.05, 3.63) is 90.6 Å². The molecular formula is C22H23AlNNaO2. The second kappa shape index (κ2) is 11.1. The average Bonchev–Trinajstić information content (AvgIpc) is 2.64. The van der Waals surface area contributed by atoms with Crippen LogP contribution in [-0.2, 0) is 0 Å². The molecule has 3 aromatic carbocycles. The van der Waals surface area contributed by atoms with Crippen LogP contribution >= 0.6 is 0 Å². The number of benzene rings is 3. The molecule has 0 aliphatic carbocycles. The second-order valence-corrected chi connectivity index (χ2v) is 5.71. The molecule has 1 heterocycles. The number of rotatable bonds is 1. The van der Waals surface area contributed by atoms with Crippen LogP contribution in [-0.4, -0.2) is 62.1 Å². The number of nitrogens with zero attached hydrogens (tertiary/aromatic N) is 1. The van der Waals surface area contributed by atoms with Crippen molar-refractivity contribution >= 4 is 57.8 Å². The van der Waals surface area contributed by atoms with Crippen LogP contribution in [0.4, 0.5) is 0 Å². The van der Waals surface area contributed by atoms with Crippen LogP contribution in [0.15, 0.2) is 84.9 Å². The predicted molar refractivity (Wildman–Crippen MR) is 119 cm³/mol. The number of pyridine rings is 1. The molecule has 0 fully saturated rings. The van der Waals surface area contributed by atoms with Gasteiger partial charge in [0.25, 0.3) is 0 Å². The summed E-state index contributed by atoms with van der Waals surface area (Å²) < 4.78 is 0. The van der Waals surface area contributed by atoms with Gasteiger partial charge < -0.3 is 10.2 Å². The summed E-state index contributed by atoms with van der Waals surface area (Å²) in [6.07, 6.45) is 0. The van der Waals surface area contributed by atoms with Crippen LogP contribution in [0.25, 0.3) is 22.0 Å². The van der Waals surface area contributed by atoms with Crippen molar-refractivity contribution < 1.29 is 10.2 Å². The molecule has 0 amide bonds. The number of aromatic hydroxyl groups is 2. The van der Waals surface area contributed by atoms with E-state index in [0.29, 0.717) is 11.3 Å². The van der Waals surface area contributed by atoms with Crippen LogP contribution in [0.2, 0.25) is 0 Å². The molecule has 0 spiro atoms. The summed E-state index contributed by atoms with van der Waals surface area (Å²) in [6, 6.07) is 26.6. The molecule has 3 nitrogen and oxygen atoms in total. The van der Waals surface area contributed by atoms with Crippen molar-refractivity contribution in [3.63, 3.8) is 0 Å². The van der Waals surface area contributed by atoms with Gasteiger partial charge in [0.1, 0.15) is 17.0 Å². The minimum absolute atomic E-state index is 0. The van der Waals surface area contributed by atoms with E-state index in [1.807, 2.05) is 73.7 Å². The topological polar surface area (TPSA) is 53.4 Å². The van der Waals surface area contributed by atoms with E-state index < -0.39 is 0 Å². The first-order chi connectivity index (χ1) is 12.1. The standard InChI is InChI=1S/C12H10O.C10H9NO.Al.Na.4H/c13-12-8-6-11(7-9-12)10-4-2-1-3-5-10;1-7-5-6-8-3-2-4-9(12)10(8)11-7;;;;;;/h1-9,13H;2-6,12H,1H3;;;;;;. The number of aromatic nitrogens is 1. The Morgan fingerprint density at radius 2 is 1.30 bits per heavy atom. The minimum atomic E-state index is 0. The Morgan fingerprint density at radius 1 is 0.667 bits per heavy atom. The van der Waals surface area contributed by atoms with Crippen molar-refractivity contribution in [1.82, 2.24) is 4.98 Å². The van der Waals surface area contributed by atoms with Crippen molar-refractivity contribution in [2.75, 3.05) is 0 Å². The molecular weight excluding hydrogens is 360 g/mol. The van der Waals surface area contributed by atoms with E-state index in [-0.39, 0.29) is 52.7 Å². The first-order valence-corrected chi connectivity index (χ1v) is 8.03. The number of fused-ring (bicyclic) bond motifs is 1. The fraction of sp³-hybridized carbons (Fsp3) is 0.0455. The molecule has 0 atom stereocenters. The van der Waals surface area contributed by atoms with Gasteiger partial charge in [-0.3, -0.25) is 0 Å². The zero-order chi connectivity index (χ0) is 17.6. The van der Waals surface area contributed by atoms with Gasteiger partial charge in [0.2, 0.25) is 0 Å². The van der Waals surface area contributed by atoms with Crippen LogP contribution in [0.3, 0.4) is 0 Å². The van der Waals surface area contributed by atoms with Gasteiger partial charge in [-0.15, -0.1) is 0 Å². The second-order valence-electron chi connectivity index (χ2n) is 5.71. The Balaban J connectivity index is 0.000000252. The molecule has 5 heteroatoms. The third-order valence-electron chi connectivity index (χ3n) is 3.81. The van der Waals surface area contributed by atoms with Crippen molar-refractivity contribution in [2.24, 2.45) is 0 Å². The summed E-state index contributed by atoms with van der Waals surface area (Å²) in [5.74, 6) is 0.552. The molecule has 0 saturated carbocycles. The Hall–Kier alpha value is -1.80. The van der Waals surface area contributed by atoms with Crippen molar-refractivity contribution in [3.8, 4) is 22.6 Å². The van der Waals surface area contributed by atoms with Gasteiger partial charge in [-0.05, 0) is 42.3 Å².